The second kappa shape index (κ2) is 7.01. The first-order chi connectivity index (χ1) is 8.54. The van der Waals surface area contributed by atoms with Gasteiger partial charge < -0.3 is 10.5 Å². The van der Waals surface area contributed by atoms with Crippen molar-refractivity contribution in [1.29, 1.82) is 0 Å². The smallest absolute Gasteiger partial charge is 0.306 e. The SMILES string of the molecule is COC(=O)CCN(Cc1ccccc1N)C(C)C. The quantitative estimate of drug-likeness (QED) is 0.620. The topological polar surface area (TPSA) is 55.6 Å². The van der Waals surface area contributed by atoms with E-state index in [1.807, 2.05) is 24.3 Å². The number of esters is 1. The Morgan fingerprint density at radius 2 is 2.06 bits per heavy atom. The Balaban J connectivity index is 2.63. The van der Waals surface area contributed by atoms with E-state index >= 15 is 0 Å². The van der Waals surface area contributed by atoms with E-state index in [4.69, 9.17) is 5.73 Å². The Hall–Kier alpha value is -1.55. The zero-order valence-electron chi connectivity index (χ0n) is 11.3. The molecule has 0 saturated carbocycles. The molecule has 1 rings (SSSR count). The molecular formula is C14H22N2O2. The number of ether oxygens (including phenoxy) is 1. The number of anilines is 1. The molecule has 0 aromatic heterocycles. The van der Waals surface area contributed by atoms with Crippen LogP contribution in [0.15, 0.2) is 24.3 Å². The molecule has 2 N–H and O–H groups in total. The lowest BCUT2D eigenvalue weighted by Gasteiger charge is -2.26. The summed E-state index contributed by atoms with van der Waals surface area (Å²) in [6.07, 6.45) is 0.404. The van der Waals surface area contributed by atoms with Gasteiger partial charge in [-0.1, -0.05) is 18.2 Å². The van der Waals surface area contributed by atoms with Crippen molar-refractivity contribution in [2.75, 3.05) is 19.4 Å². The van der Waals surface area contributed by atoms with E-state index in [0.717, 1.165) is 17.8 Å². The van der Waals surface area contributed by atoms with Crippen LogP contribution < -0.4 is 5.73 Å². The number of nitrogen functional groups attached to an aromatic ring is 1. The zero-order chi connectivity index (χ0) is 13.5. The van der Waals surface area contributed by atoms with E-state index in [0.29, 0.717) is 19.0 Å². The molecule has 0 aliphatic heterocycles. The van der Waals surface area contributed by atoms with Gasteiger partial charge in [0.05, 0.1) is 13.5 Å². The highest BCUT2D eigenvalue weighted by molar-refractivity contribution is 5.69. The van der Waals surface area contributed by atoms with Gasteiger partial charge in [-0.05, 0) is 25.5 Å². The maximum absolute atomic E-state index is 11.2. The highest BCUT2D eigenvalue weighted by atomic mass is 16.5. The van der Waals surface area contributed by atoms with Crippen LogP contribution >= 0.6 is 0 Å². The van der Waals surface area contributed by atoms with Crippen molar-refractivity contribution in [3.63, 3.8) is 0 Å². The van der Waals surface area contributed by atoms with Crippen molar-refractivity contribution in [3.8, 4) is 0 Å². The number of hydrogen-bond acceptors (Lipinski definition) is 4. The molecule has 0 aliphatic rings. The normalized spacial score (nSPS) is 10.9. The fraction of sp³-hybridized carbons (Fsp3) is 0.500. The van der Waals surface area contributed by atoms with Crippen LogP contribution in [-0.2, 0) is 16.1 Å². The predicted molar refractivity (Wildman–Crippen MR) is 73.0 cm³/mol. The average Bonchev–Trinajstić information content (AvgIpc) is 2.35. The van der Waals surface area contributed by atoms with Gasteiger partial charge in [0.2, 0.25) is 0 Å². The van der Waals surface area contributed by atoms with E-state index in [1.54, 1.807) is 0 Å². The van der Waals surface area contributed by atoms with Crippen molar-refractivity contribution in [1.82, 2.24) is 4.90 Å². The summed E-state index contributed by atoms with van der Waals surface area (Å²) < 4.78 is 4.66. The third-order valence-electron chi connectivity index (χ3n) is 2.99. The fourth-order valence-corrected chi connectivity index (χ4v) is 1.75. The predicted octanol–water partition coefficient (Wildman–Crippen LogP) is 2.04. The van der Waals surface area contributed by atoms with Crippen molar-refractivity contribution >= 4 is 11.7 Å². The number of nitrogens with two attached hydrogens (primary N) is 1. The highest BCUT2D eigenvalue weighted by Crippen LogP contribution is 2.15. The molecule has 0 heterocycles. The van der Waals surface area contributed by atoms with Crippen LogP contribution in [-0.4, -0.2) is 30.6 Å². The minimum absolute atomic E-state index is 0.179. The first-order valence-corrected chi connectivity index (χ1v) is 6.18. The van der Waals surface area contributed by atoms with Gasteiger partial charge in [-0.2, -0.15) is 0 Å². The van der Waals surface area contributed by atoms with Gasteiger partial charge in [0, 0.05) is 24.8 Å². The number of carbonyl (C=O) groups excluding carboxylic acids is 1. The fourth-order valence-electron chi connectivity index (χ4n) is 1.75. The highest BCUT2D eigenvalue weighted by Gasteiger charge is 2.13. The number of carbonyl (C=O) groups is 1. The average molecular weight is 250 g/mol. The van der Waals surface area contributed by atoms with Crippen molar-refractivity contribution in [2.45, 2.75) is 32.9 Å². The Bertz CT molecular complexity index is 391. The Morgan fingerprint density at radius 1 is 1.39 bits per heavy atom. The maximum Gasteiger partial charge on any atom is 0.306 e. The first kappa shape index (κ1) is 14.5. The van der Waals surface area contributed by atoms with Crippen LogP contribution in [0, 0.1) is 0 Å². The monoisotopic (exact) mass is 250 g/mol. The number of hydrogen-bond donors (Lipinski definition) is 1. The minimum atomic E-state index is -0.179. The lowest BCUT2D eigenvalue weighted by Crippen LogP contribution is -2.32. The van der Waals surface area contributed by atoms with Gasteiger partial charge in [0.25, 0.3) is 0 Å². The number of benzene rings is 1. The van der Waals surface area contributed by atoms with Gasteiger partial charge in [-0.3, -0.25) is 9.69 Å². The molecule has 18 heavy (non-hydrogen) atoms. The molecule has 0 amide bonds. The standard InChI is InChI=1S/C14H22N2O2/c1-11(2)16(9-8-14(17)18-3)10-12-6-4-5-7-13(12)15/h4-7,11H,8-10,15H2,1-3H3. The molecule has 0 fully saturated rings. The van der Waals surface area contributed by atoms with Crippen LogP contribution in [0.1, 0.15) is 25.8 Å². The Labute approximate surface area is 109 Å². The third kappa shape index (κ3) is 4.37. The molecule has 0 unspecified atom stereocenters. The molecule has 4 nitrogen and oxygen atoms in total. The van der Waals surface area contributed by atoms with Crippen LogP contribution in [0.25, 0.3) is 0 Å². The lowest BCUT2D eigenvalue weighted by atomic mass is 10.1. The molecule has 4 heteroatoms. The Kier molecular flexibility index (Phi) is 5.65. The van der Waals surface area contributed by atoms with Crippen LogP contribution in [0.3, 0.4) is 0 Å². The number of methoxy groups -OCH3 is 1. The number of rotatable bonds is 6. The lowest BCUT2D eigenvalue weighted by molar-refractivity contribution is -0.141. The van der Waals surface area contributed by atoms with Crippen LogP contribution in [0.2, 0.25) is 0 Å². The molecule has 0 radical (unpaired) electrons. The summed E-state index contributed by atoms with van der Waals surface area (Å²) in [5, 5.41) is 0. The number of nitrogens with zero attached hydrogens (tertiary/aromatic N) is 1. The van der Waals surface area contributed by atoms with Gasteiger partial charge >= 0.3 is 5.97 Å². The van der Waals surface area contributed by atoms with E-state index < -0.39 is 0 Å². The largest absolute Gasteiger partial charge is 0.469 e. The second-order valence-electron chi connectivity index (χ2n) is 4.59. The minimum Gasteiger partial charge on any atom is -0.469 e. The summed E-state index contributed by atoms with van der Waals surface area (Å²) in [5.74, 6) is -0.179. The molecule has 1 aromatic carbocycles. The summed E-state index contributed by atoms with van der Waals surface area (Å²) in [5.41, 5.74) is 7.82. The Morgan fingerprint density at radius 3 is 2.61 bits per heavy atom. The van der Waals surface area contributed by atoms with Crippen molar-refractivity contribution in [2.24, 2.45) is 0 Å². The molecule has 0 aliphatic carbocycles. The summed E-state index contributed by atoms with van der Waals surface area (Å²) >= 11 is 0. The molecule has 0 saturated heterocycles. The van der Waals surface area contributed by atoms with Crippen LogP contribution in [0.4, 0.5) is 5.69 Å². The van der Waals surface area contributed by atoms with Gasteiger partial charge in [0.15, 0.2) is 0 Å². The second-order valence-corrected chi connectivity index (χ2v) is 4.59. The molecule has 0 bridgehead atoms. The van der Waals surface area contributed by atoms with Crippen molar-refractivity contribution in [3.05, 3.63) is 29.8 Å². The molecule has 0 atom stereocenters. The van der Waals surface area contributed by atoms with E-state index in [2.05, 4.69) is 23.5 Å². The summed E-state index contributed by atoms with van der Waals surface area (Å²) in [6.45, 7) is 5.65. The van der Waals surface area contributed by atoms with Gasteiger partial charge in [0.1, 0.15) is 0 Å². The summed E-state index contributed by atoms with van der Waals surface area (Å²) in [6, 6.07) is 8.17. The van der Waals surface area contributed by atoms with Gasteiger partial charge in [-0.25, -0.2) is 0 Å². The third-order valence-corrected chi connectivity index (χ3v) is 2.99. The van der Waals surface area contributed by atoms with Gasteiger partial charge in [-0.15, -0.1) is 0 Å². The first-order valence-electron chi connectivity index (χ1n) is 6.18. The summed E-state index contributed by atoms with van der Waals surface area (Å²) in [4.78, 5) is 13.4. The van der Waals surface area contributed by atoms with E-state index in [-0.39, 0.29) is 5.97 Å². The molecule has 100 valence electrons. The van der Waals surface area contributed by atoms with Crippen LogP contribution in [0.5, 0.6) is 0 Å². The molecule has 1 aromatic rings. The molecule has 0 spiro atoms. The number of para-hydroxylation sites is 1. The molecular weight excluding hydrogens is 228 g/mol. The summed E-state index contributed by atoms with van der Waals surface area (Å²) in [7, 11) is 1.41. The maximum atomic E-state index is 11.2. The van der Waals surface area contributed by atoms with E-state index in [9.17, 15) is 4.79 Å². The van der Waals surface area contributed by atoms with Crippen molar-refractivity contribution < 1.29 is 9.53 Å². The van der Waals surface area contributed by atoms with E-state index in [1.165, 1.54) is 7.11 Å². The zero-order valence-corrected chi connectivity index (χ0v) is 11.3.